The fraction of sp³-hybridized carbons (Fsp3) is 0.125. The summed E-state index contributed by atoms with van der Waals surface area (Å²) in [5, 5.41) is 10.3. The van der Waals surface area contributed by atoms with Crippen molar-refractivity contribution in [1.82, 2.24) is 15.6 Å². The van der Waals surface area contributed by atoms with Crippen molar-refractivity contribution < 1.29 is 23.2 Å². The molecule has 4 rings (SSSR count). The van der Waals surface area contributed by atoms with Gasteiger partial charge >= 0.3 is 0 Å². The summed E-state index contributed by atoms with van der Waals surface area (Å²) >= 11 is 1.25. The quantitative estimate of drug-likeness (QED) is 0.309. The molecule has 34 heavy (non-hydrogen) atoms. The molecule has 0 spiro atoms. The predicted octanol–water partition coefficient (Wildman–Crippen LogP) is 3.60. The molecule has 2 aromatic carbocycles. The van der Waals surface area contributed by atoms with E-state index in [-0.39, 0.29) is 12.1 Å². The number of benzene rings is 2. The van der Waals surface area contributed by atoms with Crippen LogP contribution in [0.5, 0.6) is 0 Å². The summed E-state index contributed by atoms with van der Waals surface area (Å²) in [5.74, 6) is -3.73. The molecule has 0 aliphatic heterocycles. The SMILES string of the molecule is O=C(CNC(=O)[C@H](Cc1c[nH]c2ccccc12)NC(=O)c1cccs1)Nc1ccc(F)c(F)c1. The van der Waals surface area contributed by atoms with Crippen LogP contribution in [0, 0.1) is 11.6 Å². The third-order valence-electron chi connectivity index (χ3n) is 5.09. The zero-order chi connectivity index (χ0) is 24.1. The Morgan fingerprint density at radius 1 is 1.00 bits per heavy atom. The number of anilines is 1. The normalized spacial score (nSPS) is 11.7. The molecule has 0 aliphatic rings. The number of aromatic nitrogens is 1. The topological polar surface area (TPSA) is 103 Å². The van der Waals surface area contributed by atoms with Gasteiger partial charge in [-0.3, -0.25) is 14.4 Å². The minimum Gasteiger partial charge on any atom is -0.361 e. The Morgan fingerprint density at radius 2 is 1.82 bits per heavy atom. The summed E-state index contributed by atoms with van der Waals surface area (Å²) in [4.78, 5) is 41.4. The number of H-pyrrole nitrogens is 1. The van der Waals surface area contributed by atoms with Crippen molar-refractivity contribution in [1.29, 1.82) is 0 Å². The zero-order valence-electron chi connectivity index (χ0n) is 17.7. The number of fused-ring (bicyclic) bond motifs is 1. The number of carbonyl (C=O) groups is 3. The number of hydrogen-bond donors (Lipinski definition) is 4. The lowest BCUT2D eigenvalue weighted by Crippen LogP contribution is -2.49. The van der Waals surface area contributed by atoms with Gasteiger partial charge in [-0.2, -0.15) is 0 Å². The lowest BCUT2D eigenvalue weighted by molar-refractivity contribution is -0.125. The molecule has 174 valence electrons. The molecule has 0 bridgehead atoms. The maximum atomic E-state index is 13.3. The fourth-order valence-corrected chi connectivity index (χ4v) is 4.06. The van der Waals surface area contributed by atoms with Gasteiger partial charge in [0.1, 0.15) is 6.04 Å². The molecule has 2 aromatic heterocycles. The number of para-hydroxylation sites is 1. The Kier molecular flexibility index (Phi) is 6.98. The molecule has 0 fully saturated rings. The highest BCUT2D eigenvalue weighted by molar-refractivity contribution is 7.12. The van der Waals surface area contributed by atoms with Crippen LogP contribution in [0.1, 0.15) is 15.2 Å². The predicted molar refractivity (Wildman–Crippen MR) is 126 cm³/mol. The van der Waals surface area contributed by atoms with E-state index in [0.717, 1.165) is 28.6 Å². The summed E-state index contributed by atoms with van der Waals surface area (Å²) < 4.78 is 26.4. The van der Waals surface area contributed by atoms with Crippen molar-refractivity contribution in [3.63, 3.8) is 0 Å². The Labute approximate surface area is 197 Å². The van der Waals surface area contributed by atoms with Crippen molar-refractivity contribution in [3.8, 4) is 0 Å². The summed E-state index contributed by atoms with van der Waals surface area (Å²) in [5.41, 5.74) is 1.78. The molecule has 3 amide bonds. The summed E-state index contributed by atoms with van der Waals surface area (Å²) in [6.45, 7) is -0.420. The second-order valence-corrected chi connectivity index (χ2v) is 8.41. The van der Waals surface area contributed by atoms with Gasteiger partial charge in [-0.15, -0.1) is 11.3 Å². The first kappa shape index (κ1) is 23.1. The van der Waals surface area contributed by atoms with Gasteiger partial charge in [0.25, 0.3) is 5.91 Å². The zero-order valence-corrected chi connectivity index (χ0v) is 18.5. The van der Waals surface area contributed by atoms with Gasteiger partial charge in [0, 0.05) is 35.3 Å². The van der Waals surface area contributed by atoms with Crippen molar-refractivity contribution in [2.24, 2.45) is 0 Å². The Morgan fingerprint density at radius 3 is 2.59 bits per heavy atom. The first-order valence-electron chi connectivity index (χ1n) is 10.3. The molecule has 0 saturated carbocycles. The monoisotopic (exact) mass is 482 g/mol. The number of rotatable bonds is 8. The maximum Gasteiger partial charge on any atom is 0.262 e. The Bertz CT molecular complexity index is 1340. The molecular weight excluding hydrogens is 462 g/mol. The van der Waals surface area contributed by atoms with E-state index in [0.29, 0.717) is 4.88 Å². The largest absolute Gasteiger partial charge is 0.361 e. The van der Waals surface area contributed by atoms with Crippen molar-refractivity contribution in [2.45, 2.75) is 12.5 Å². The molecule has 7 nitrogen and oxygen atoms in total. The lowest BCUT2D eigenvalue weighted by Gasteiger charge is -2.18. The smallest absolute Gasteiger partial charge is 0.262 e. The lowest BCUT2D eigenvalue weighted by atomic mass is 10.0. The Hall–Kier alpha value is -4.05. The van der Waals surface area contributed by atoms with Crippen LogP contribution in [0.2, 0.25) is 0 Å². The molecule has 2 heterocycles. The van der Waals surface area contributed by atoms with Crippen LogP contribution in [-0.2, 0) is 16.0 Å². The molecule has 4 aromatic rings. The fourth-order valence-electron chi connectivity index (χ4n) is 3.44. The first-order valence-corrected chi connectivity index (χ1v) is 11.2. The van der Waals surface area contributed by atoms with Gasteiger partial charge in [0.2, 0.25) is 11.8 Å². The number of amides is 3. The van der Waals surface area contributed by atoms with Gasteiger partial charge in [-0.1, -0.05) is 24.3 Å². The van der Waals surface area contributed by atoms with Crippen LogP contribution in [0.3, 0.4) is 0 Å². The van der Waals surface area contributed by atoms with E-state index >= 15 is 0 Å². The average Bonchev–Trinajstić information content (AvgIpc) is 3.50. The number of thiophene rings is 1. The first-order chi connectivity index (χ1) is 16.4. The standard InChI is InChI=1S/C24H20F2N4O3S/c25-17-8-7-15(11-18(17)26)29-22(31)13-28-23(32)20(30-24(33)21-6-3-9-34-21)10-14-12-27-19-5-2-1-4-16(14)19/h1-9,11-12,20,27H,10,13H2,(H,28,32)(H,29,31)(H,30,33)/t20-/m0/s1. The highest BCUT2D eigenvalue weighted by atomic mass is 32.1. The summed E-state index contributed by atoms with van der Waals surface area (Å²) in [6, 6.07) is 12.9. The van der Waals surface area contributed by atoms with E-state index < -0.39 is 41.9 Å². The van der Waals surface area contributed by atoms with E-state index in [4.69, 9.17) is 0 Å². The van der Waals surface area contributed by atoms with E-state index in [9.17, 15) is 23.2 Å². The van der Waals surface area contributed by atoms with Gasteiger partial charge in [0.15, 0.2) is 11.6 Å². The number of aromatic amines is 1. The minimum atomic E-state index is -1.10. The van der Waals surface area contributed by atoms with E-state index in [1.807, 2.05) is 24.3 Å². The molecular formula is C24H20F2N4O3S. The van der Waals surface area contributed by atoms with Crippen molar-refractivity contribution in [2.75, 3.05) is 11.9 Å². The third kappa shape index (κ3) is 5.46. The van der Waals surface area contributed by atoms with Gasteiger partial charge < -0.3 is 20.9 Å². The van der Waals surface area contributed by atoms with E-state index in [1.54, 1.807) is 23.7 Å². The molecule has 0 saturated heterocycles. The number of hydrogen-bond acceptors (Lipinski definition) is 4. The average molecular weight is 483 g/mol. The molecule has 4 N–H and O–H groups in total. The van der Waals surface area contributed by atoms with Crippen LogP contribution in [0.4, 0.5) is 14.5 Å². The van der Waals surface area contributed by atoms with E-state index in [1.165, 1.54) is 17.4 Å². The highest BCUT2D eigenvalue weighted by Crippen LogP contribution is 2.20. The third-order valence-corrected chi connectivity index (χ3v) is 5.96. The molecule has 0 radical (unpaired) electrons. The summed E-state index contributed by atoms with van der Waals surface area (Å²) in [6.07, 6.45) is 1.97. The molecule has 10 heteroatoms. The molecule has 0 unspecified atom stereocenters. The van der Waals surface area contributed by atoms with E-state index in [2.05, 4.69) is 20.9 Å². The number of carbonyl (C=O) groups excluding carboxylic acids is 3. The molecule has 0 aliphatic carbocycles. The van der Waals surface area contributed by atoms with Gasteiger partial charge in [-0.25, -0.2) is 8.78 Å². The number of nitrogens with one attached hydrogen (secondary N) is 4. The second kappa shape index (κ2) is 10.3. The number of halogens is 2. The second-order valence-electron chi connectivity index (χ2n) is 7.46. The van der Waals surface area contributed by atoms with Crippen LogP contribution in [0.25, 0.3) is 10.9 Å². The van der Waals surface area contributed by atoms with Gasteiger partial charge in [-0.05, 0) is 35.2 Å². The van der Waals surface area contributed by atoms with Crippen LogP contribution >= 0.6 is 11.3 Å². The minimum absolute atomic E-state index is 0.0551. The van der Waals surface area contributed by atoms with Crippen LogP contribution < -0.4 is 16.0 Å². The molecule has 1 atom stereocenters. The van der Waals surface area contributed by atoms with Crippen LogP contribution in [0.15, 0.2) is 66.2 Å². The van der Waals surface area contributed by atoms with Crippen molar-refractivity contribution in [3.05, 3.63) is 88.2 Å². The maximum absolute atomic E-state index is 13.3. The van der Waals surface area contributed by atoms with Gasteiger partial charge in [0.05, 0.1) is 11.4 Å². The highest BCUT2D eigenvalue weighted by Gasteiger charge is 2.24. The van der Waals surface area contributed by atoms with Crippen molar-refractivity contribution >= 4 is 45.6 Å². The Balaban J connectivity index is 1.44. The van der Waals surface area contributed by atoms with Crippen LogP contribution in [-0.4, -0.2) is 35.3 Å². The summed E-state index contributed by atoms with van der Waals surface area (Å²) in [7, 11) is 0.